The Morgan fingerprint density at radius 1 is 1.17 bits per heavy atom. The van der Waals surface area contributed by atoms with Gasteiger partial charge in [-0.15, -0.1) is 0 Å². The molecule has 1 aromatic carbocycles. The first-order valence-corrected chi connectivity index (χ1v) is 6.25. The van der Waals surface area contributed by atoms with Crippen LogP contribution in [0.3, 0.4) is 0 Å². The third kappa shape index (κ3) is 3.23. The van der Waals surface area contributed by atoms with Gasteiger partial charge in [-0.25, -0.2) is 4.79 Å². The molecule has 4 nitrogen and oxygen atoms in total. The van der Waals surface area contributed by atoms with Crippen LogP contribution in [0.1, 0.15) is 23.2 Å². The molecular weight excluding hydrogens is 254 g/mol. The smallest absolute Gasteiger partial charge is 0.338 e. The summed E-state index contributed by atoms with van der Waals surface area (Å²) in [4.78, 5) is 25.0. The highest BCUT2D eigenvalue weighted by molar-refractivity contribution is 6.30. The number of halogens is 1. The summed E-state index contributed by atoms with van der Waals surface area (Å²) in [6, 6.07) is 6.37. The number of rotatable bonds is 3. The molecule has 0 unspecified atom stereocenters. The Labute approximate surface area is 110 Å². The normalized spacial score (nSPS) is 14.6. The Bertz CT molecular complexity index is 438. The van der Waals surface area contributed by atoms with Crippen molar-refractivity contribution in [3.8, 4) is 0 Å². The Morgan fingerprint density at radius 2 is 1.78 bits per heavy atom. The van der Waals surface area contributed by atoms with E-state index in [1.807, 2.05) is 0 Å². The van der Waals surface area contributed by atoms with Crippen LogP contribution in [0.15, 0.2) is 24.3 Å². The van der Waals surface area contributed by atoms with E-state index in [-0.39, 0.29) is 12.5 Å². The van der Waals surface area contributed by atoms with Crippen LogP contribution in [-0.4, -0.2) is 36.5 Å². The molecule has 1 amide bonds. The van der Waals surface area contributed by atoms with Crippen molar-refractivity contribution in [3.05, 3.63) is 34.9 Å². The molecule has 0 bridgehead atoms. The topological polar surface area (TPSA) is 46.6 Å². The van der Waals surface area contributed by atoms with Gasteiger partial charge in [-0.1, -0.05) is 11.6 Å². The lowest BCUT2D eigenvalue weighted by atomic mass is 10.2. The molecule has 0 saturated carbocycles. The Hall–Kier alpha value is -1.55. The van der Waals surface area contributed by atoms with Gasteiger partial charge in [0.2, 0.25) is 0 Å². The standard InChI is InChI=1S/C13H14ClNO3/c14-11-5-3-10(4-6-11)13(17)18-9-12(16)15-7-1-2-8-15/h3-6H,1-2,7-9H2. The Morgan fingerprint density at radius 3 is 2.39 bits per heavy atom. The van der Waals surface area contributed by atoms with Crippen LogP contribution in [0.2, 0.25) is 5.02 Å². The predicted molar refractivity (Wildman–Crippen MR) is 67.5 cm³/mol. The molecule has 1 aromatic rings. The van der Waals surface area contributed by atoms with E-state index < -0.39 is 5.97 Å². The molecule has 0 aromatic heterocycles. The maximum atomic E-state index is 11.7. The minimum Gasteiger partial charge on any atom is -0.452 e. The zero-order valence-electron chi connectivity index (χ0n) is 9.89. The van der Waals surface area contributed by atoms with Crippen molar-refractivity contribution in [1.29, 1.82) is 0 Å². The molecule has 2 rings (SSSR count). The lowest BCUT2D eigenvalue weighted by molar-refractivity contribution is -0.133. The molecule has 0 N–H and O–H groups in total. The lowest BCUT2D eigenvalue weighted by Crippen LogP contribution is -2.32. The van der Waals surface area contributed by atoms with Crippen LogP contribution in [0, 0.1) is 0 Å². The molecule has 1 heterocycles. The maximum absolute atomic E-state index is 11.7. The first-order chi connectivity index (χ1) is 8.66. The Kier molecular flexibility index (Phi) is 4.20. The van der Waals surface area contributed by atoms with Gasteiger partial charge in [-0.05, 0) is 37.1 Å². The predicted octanol–water partition coefficient (Wildman–Crippen LogP) is 2.12. The minimum atomic E-state index is -0.501. The van der Waals surface area contributed by atoms with Crippen molar-refractivity contribution in [2.45, 2.75) is 12.8 Å². The summed E-state index contributed by atoms with van der Waals surface area (Å²) in [5.74, 6) is -0.631. The number of nitrogens with zero attached hydrogens (tertiary/aromatic N) is 1. The second kappa shape index (κ2) is 5.87. The van der Waals surface area contributed by atoms with Crippen LogP contribution in [0.25, 0.3) is 0 Å². The van der Waals surface area contributed by atoms with Gasteiger partial charge in [-0.2, -0.15) is 0 Å². The highest BCUT2D eigenvalue weighted by atomic mass is 35.5. The van der Waals surface area contributed by atoms with E-state index in [0.717, 1.165) is 25.9 Å². The molecule has 5 heteroatoms. The van der Waals surface area contributed by atoms with Gasteiger partial charge in [0.1, 0.15) is 0 Å². The molecule has 1 aliphatic rings. The number of hydrogen-bond donors (Lipinski definition) is 0. The maximum Gasteiger partial charge on any atom is 0.338 e. The first-order valence-electron chi connectivity index (χ1n) is 5.87. The summed E-state index contributed by atoms with van der Waals surface area (Å²) >= 11 is 5.72. The van der Waals surface area contributed by atoms with Crippen LogP contribution < -0.4 is 0 Å². The quantitative estimate of drug-likeness (QED) is 0.788. The van der Waals surface area contributed by atoms with E-state index in [0.29, 0.717) is 10.6 Å². The minimum absolute atomic E-state index is 0.130. The molecular formula is C13H14ClNO3. The average molecular weight is 268 g/mol. The van der Waals surface area contributed by atoms with E-state index in [9.17, 15) is 9.59 Å². The van der Waals surface area contributed by atoms with Crippen molar-refractivity contribution < 1.29 is 14.3 Å². The summed E-state index contributed by atoms with van der Waals surface area (Å²) in [6.45, 7) is 1.33. The van der Waals surface area contributed by atoms with Crippen molar-refractivity contribution in [2.75, 3.05) is 19.7 Å². The van der Waals surface area contributed by atoms with E-state index in [2.05, 4.69) is 0 Å². The molecule has 1 fully saturated rings. The van der Waals surface area contributed by atoms with Gasteiger partial charge in [0.05, 0.1) is 5.56 Å². The van der Waals surface area contributed by atoms with Crippen molar-refractivity contribution in [2.24, 2.45) is 0 Å². The zero-order valence-corrected chi connectivity index (χ0v) is 10.7. The monoisotopic (exact) mass is 267 g/mol. The van der Waals surface area contributed by atoms with Crippen LogP contribution in [0.5, 0.6) is 0 Å². The lowest BCUT2D eigenvalue weighted by Gasteiger charge is -2.14. The second-order valence-electron chi connectivity index (χ2n) is 4.17. The van der Waals surface area contributed by atoms with E-state index >= 15 is 0 Å². The summed E-state index contributed by atoms with van der Waals surface area (Å²) in [5.41, 5.74) is 0.397. The number of benzene rings is 1. The molecule has 1 aliphatic heterocycles. The van der Waals surface area contributed by atoms with Gasteiger partial charge in [0, 0.05) is 18.1 Å². The highest BCUT2D eigenvalue weighted by Gasteiger charge is 2.19. The van der Waals surface area contributed by atoms with E-state index in [1.165, 1.54) is 0 Å². The molecule has 0 radical (unpaired) electrons. The first kappa shape index (κ1) is 12.9. The summed E-state index contributed by atoms with van der Waals surface area (Å²) < 4.78 is 4.97. The van der Waals surface area contributed by atoms with Gasteiger partial charge in [0.25, 0.3) is 5.91 Å². The molecule has 0 aliphatic carbocycles. The average Bonchev–Trinajstić information content (AvgIpc) is 2.90. The molecule has 1 saturated heterocycles. The van der Waals surface area contributed by atoms with Gasteiger partial charge in [0.15, 0.2) is 6.61 Å². The van der Waals surface area contributed by atoms with Crippen molar-refractivity contribution in [3.63, 3.8) is 0 Å². The van der Waals surface area contributed by atoms with E-state index in [1.54, 1.807) is 29.2 Å². The number of amides is 1. The van der Waals surface area contributed by atoms with Crippen LogP contribution in [-0.2, 0) is 9.53 Å². The number of ether oxygens (including phenoxy) is 1. The largest absolute Gasteiger partial charge is 0.452 e. The van der Waals surface area contributed by atoms with Crippen molar-refractivity contribution >= 4 is 23.5 Å². The number of likely N-dealkylation sites (tertiary alicyclic amines) is 1. The van der Waals surface area contributed by atoms with Gasteiger partial charge in [-0.3, -0.25) is 4.79 Å². The zero-order chi connectivity index (χ0) is 13.0. The molecule has 0 atom stereocenters. The molecule has 0 spiro atoms. The number of carbonyl (C=O) groups is 2. The summed E-state index contributed by atoms with van der Waals surface area (Å²) in [7, 11) is 0. The fourth-order valence-electron chi connectivity index (χ4n) is 1.85. The SMILES string of the molecule is O=C(OCC(=O)N1CCCC1)c1ccc(Cl)cc1. The number of esters is 1. The fraction of sp³-hybridized carbons (Fsp3) is 0.385. The van der Waals surface area contributed by atoms with Crippen LogP contribution >= 0.6 is 11.6 Å². The third-order valence-corrected chi connectivity index (χ3v) is 3.12. The Balaban J connectivity index is 1.84. The van der Waals surface area contributed by atoms with Crippen LogP contribution in [0.4, 0.5) is 0 Å². The summed E-state index contributed by atoms with van der Waals surface area (Å²) in [6.07, 6.45) is 2.05. The van der Waals surface area contributed by atoms with E-state index in [4.69, 9.17) is 16.3 Å². The van der Waals surface area contributed by atoms with Crippen molar-refractivity contribution in [1.82, 2.24) is 4.90 Å². The fourth-order valence-corrected chi connectivity index (χ4v) is 1.98. The molecule has 18 heavy (non-hydrogen) atoms. The summed E-state index contributed by atoms with van der Waals surface area (Å²) in [5, 5.41) is 0.555. The van der Waals surface area contributed by atoms with Gasteiger partial charge >= 0.3 is 5.97 Å². The highest BCUT2D eigenvalue weighted by Crippen LogP contribution is 2.11. The number of hydrogen-bond acceptors (Lipinski definition) is 3. The molecule has 96 valence electrons. The number of carbonyl (C=O) groups excluding carboxylic acids is 2. The van der Waals surface area contributed by atoms with Gasteiger partial charge < -0.3 is 9.64 Å². The third-order valence-electron chi connectivity index (χ3n) is 2.87. The second-order valence-corrected chi connectivity index (χ2v) is 4.61.